The van der Waals surface area contributed by atoms with Gasteiger partial charge in [-0.15, -0.1) is 0 Å². The third-order valence-electron chi connectivity index (χ3n) is 4.66. The van der Waals surface area contributed by atoms with E-state index < -0.39 is 11.9 Å². The Morgan fingerprint density at radius 2 is 2.04 bits per heavy atom. The van der Waals surface area contributed by atoms with E-state index >= 15 is 0 Å². The molecule has 2 aromatic rings. The molecule has 0 bridgehead atoms. The van der Waals surface area contributed by atoms with Crippen LogP contribution in [0.15, 0.2) is 30.3 Å². The molecule has 1 fully saturated rings. The Bertz CT molecular complexity index is 772. The normalized spacial score (nSPS) is 21.4. The molecule has 5 nitrogen and oxygen atoms in total. The Balaban J connectivity index is 2.00. The van der Waals surface area contributed by atoms with Crippen molar-refractivity contribution in [3.8, 4) is 0 Å². The van der Waals surface area contributed by atoms with E-state index in [2.05, 4.69) is 4.98 Å². The number of likely N-dealkylation sites (tertiary alicyclic amines) is 1. The van der Waals surface area contributed by atoms with E-state index in [1.807, 2.05) is 38.1 Å². The van der Waals surface area contributed by atoms with Crippen LogP contribution in [0.5, 0.6) is 0 Å². The number of carboxylic acids is 1. The van der Waals surface area contributed by atoms with Crippen molar-refractivity contribution in [1.29, 1.82) is 0 Å². The lowest BCUT2D eigenvalue weighted by Crippen LogP contribution is -2.49. The molecule has 3 rings (SSSR count). The van der Waals surface area contributed by atoms with E-state index in [9.17, 15) is 14.7 Å². The summed E-state index contributed by atoms with van der Waals surface area (Å²) in [6.45, 7) is 4.30. The van der Waals surface area contributed by atoms with Crippen molar-refractivity contribution in [2.24, 2.45) is 5.92 Å². The SMILES string of the molecule is Cc1ccc2cccc(C(=O)N3CCC[C@@H](C(=O)O)[C@H]3C)c2n1. The van der Waals surface area contributed by atoms with Gasteiger partial charge in [0.2, 0.25) is 0 Å². The molecule has 0 radical (unpaired) electrons. The highest BCUT2D eigenvalue weighted by molar-refractivity contribution is 6.05. The fourth-order valence-corrected chi connectivity index (χ4v) is 3.33. The Morgan fingerprint density at radius 3 is 2.78 bits per heavy atom. The van der Waals surface area contributed by atoms with E-state index in [-0.39, 0.29) is 11.9 Å². The van der Waals surface area contributed by atoms with Gasteiger partial charge < -0.3 is 10.0 Å². The summed E-state index contributed by atoms with van der Waals surface area (Å²) in [5, 5.41) is 10.3. The lowest BCUT2D eigenvalue weighted by atomic mass is 9.89. The molecular formula is C18H20N2O3. The number of pyridine rings is 1. The average Bonchev–Trinajstić information content (AvgIpc) is 2.53. The predicted octanol–water partition coefficient (Wildman–Crippen LogP) is 2.87. The van der Waals surface area contributed by atoms with Gasteiger partial charge >= 0.3 is 5.97 Å². The topological polar surface area (TPSA) is 70.5 Å². The minimum atomic E-state index is -0.832. The number of carbonyl (C=O) groups is 2. The summed E-state index contributed by atoms with van der Waals surface area (Å²) in [5.74, 6) is -1.47. The molecule has 120 valence electrons. The number of hydrogen-bond donors (Lipinski definition) is 1. The number of hydrogen-bond acceptors (Lipinski definition) is 3. The van der Waals surface area contributed by atoms with Crippen LogP contribution >= 0.6 is 0 Å². The Labute approximate surface area is 134 Å². The van der Waals surface area contributed by atoms with Crippen molar-refractivity contribution >= 4 is 22.8 Å². The smallest absolute Gasteiger partial charge is 0.308 e. The van der Waals surface area contributed by atoms with Crippen molar-refractivity contribution in [1.82, 2.24) is 9.88 Å². The Hall–Kier alpha value is -2.43. The third kappa shape index (κ3) is 2.79. The standard InChI is InChI=1S/C18H20N2O3/c1-11-8-9-13-5-3-6-15(16(13)19-11)17(21)20-10-4-7-14(12(20)2)18(22)23/h3,5-6,8-9,12,14H,4,7,10H2,1-2H3,(H,22,23)/t12-,14-/m1/s1. The van der Waals surface area contributed by atoms with Gasteiger partial charge in [0.15, 0.2) is 0 Å². The molecule has 0 aliphatic carbocycles. The highest BCUT2D eigenvalue weighted by Gasteiger charge is 2.36. The second-order valence-electron chi connectivity index (χ2n) is 6.16. The summed E-state index contributed by atoms with van der Waals surface area (Å²) in [7, 11) is 0. The molecule has 2 atom stereocenters. The molecular weight excluding hydrogens is 292 g/mol. The number of carbonyl (C=O) groups excluding carboxylic acids is 1. The van der Waals surface area contributed by atoms with Gasteiger partial charge in [-0.2, -0.15) is 0 Å². The number of aliphatic carboxylic acids is 1. The van der Waals surface area contributed by atoms with Crippen LogP contribution in [0, 0.1) is 12.8 Å². The number of aromatic nitrogens is 1. The van der Waals surface area contributed by atoms with Crippen LogP contribution in [0.2, 0.25) is 0 Å². The van der Waals surface area contributed by atoms with Gasteiger partial charge in [0, 0.05) is 23.7 Å². The van der Waals surface area contributed by atoms with Crippen LogP contribution < -0.4 is 0 Å². The van der Waals surface area contributed by atoms with Gasteiger partial charge in [0.05, 0.1) is 17.0 Å². The summed E-state index contributed by atoms with van der Waals surface area (Å²) in [5.41, 5.74) is 2.08. The zero-order valence-electron chi connectivity index (χ0n) is 13.3. The molecule has 1 aromatic carbocycles. The van der Waals surface area contributed by atoms with Crippen molar-refractivity contribution < 1.29 is 14.7 Å². The Morgan fingerprint density at radius 1 is 1.26 bits per heavy atom. The third-order valence-corrected chi connectivity index (χ3v) is 4.66. The van der Waals surface area contributed by atoms with E-state index in [0.29, 0.717) is 30.5 Å². The second kappa shape index (κ2) is 5.99. The number of aryl methyl sites for hydroxylation is 1. The summed E-state index contributed by atoms with van der Waals surface area (Å²) in [6, 6.07) is 9.10. The molecule has 1 N–H and O–H groups in total. The lowest BCUT2D eigenvalue weighted by Gasteiger charge is -2.37. The molecule has 1 aliphatic heterocycles. The van der Waals surface area contributed by atoms with Gasteiger partial charge in [-0.1, -0.05) is 18.2 Å². The monoisotopic (exact) mass is 312 g/mol. The van der Waals surface area contributed by atoms with Gasteiger partial charge in [0.1, 0.15) is 0 Å². The van der Waals surface area contributed by atoms with Crippen LogP contribution in [0.25, 0.3) is 10.9 Å². The number of nitrogens with zero attached hydrogens (tertiary/aromatic N) is 2. The summed E-state index contributed by atoms with van der Waals surface area (Å²) >= 11 is 0. The fourth-order valence-electron chi connectivity index (χ4n) is 3.33. The van der Waals surface area contributed by atoms with E-state index in [4.69, 9.17) is 0 Å². The molecule has 1 aliphatic rings. The van der Waals surface area contributed by atoms with Crippen molar-refractivity contribution in [2.75, 3.05) is 6.54 Å². The Kier molecular flexibility index (Phi) is 4.03. The number of piperidine rings is 1. The van der Waals surface area contributed by atoms with Crippen LogP contribution in [0.4, 0.5) is 0 Å². The minimum absolute atomic E-state index is 0.132. The maximum absolute atomic E-state index is 13.0. The molecule has 0 spiro atoms. The van der Waals surface area contributed by atoms with Crippen molar-refractivity contribution in [2.45, 2.75) is 32.7 Å². The molecule has 1 aromatic heterocycles. The van der Waals surface area contributed by atoms with E-state index in [1.54, 1.807) is 11.0 Å². The first-order chi connectivity index (χ1) is 11.0. The maximum Gasteiger partial charge on any atom is 0.308 e. The van der Waals surface area contributed by atoms with Crippen molar-refractivity contribution in [3.05, 3.63) is 41.6 Å². The fraction of sp³-hybridized carbons (Fsp3) is 0.389. The van der Waals surface area contributed by atoms with Gasteiger partial charge in [-0.3, -0.25) is 14.6 Å². The van der Waals surface area contributed by atoms with Crippen LogP contribution in [-0.2, 0) is 4.79 Å². The lowest BCUT2D eigenvalue weighted by molar-refractivity contribution is -0.144. The van der Waals surface area contributed by atoms with Crippen LogP contribution in [-0.4, -0.2) is 39.5 Å². The van der Waals surface area contributed by atoms with Gasteiger partial charge in [-0.05, 0) is 38.8 Å². The number of amides is 1. The van der Waals surface area contributed by atoms with E-state index in [1.165, 1.54) is 0 Å². The number of benzene rings is 1. The van der Waals surface area contributed by atoms with Gasteiger partial charge in [0.25, 0.3) is 5.91 Å². The first kappa shape index (κ1) is 15.5. The zero-order chi connectivity index (χ0) is 16.6. The number of rotatable bonds is 2. The van der Waals surface area contributed by atoms with Gasteiger partial charge in [-0.25, -0.2) is 0 Å². The predicted molar refractivity (Wildman–Crippen MR) is 87.3 cm³/mol. The molecule has 1 amide bonds. The molecule has 0 unspecified atom stereocenters. The average molecular weight is 312 g/mol. The van der Waals surface area contributed by atoms with Crippen LogP contribution in [0.1, 0.15) is 35.8 Å². The largest absolute Gasteiger partial charge is 0.481 e. The molecule has 5 heteroatoms. The first-order valence-corrected chi connectivity index (χ1v) is 7.89. The van der Waals surface area contributed by atoms with Crippen molar-refractivity contribution in [3.63, 3.8) is 0 Å². The summed E-state index contributed by atoms with van der Waals surface area (Å²) in [4.78, 5) is 30.6. The molecule has 2 heterocycles. The highest BCUT2D eigenvalue weighted by atomic mass is 16.4. The summed E-state index contributed by atoms with van der Waals surface area (Å²) < 4.78 is 0. The summed E-state index contributed by atoms with van der Waals surface area (Å²) in [6.07, 6.45) is 1.33. The van der Waals surface area contributed by atoms with Crippen LogP contribution in [0.3, 0.4) is 0 Å². The quantitative estimate of drug-likeness (QED) is 0.925. The molecule has 0 saturated carbocycles. The number of carboxylic acid groups (broad SMARTS) is 1. The molecule has 1 saturated heterocycles. The first-order valence-electron chi connectivity index (χ1n) is 7.89. The maximum atomic E-state index is 13.0. The number of fused-ring (bicyclic) bond motifs is 1. The van der Waals surface area contributed by atoms with E-state index in [0.717, 1.165) is 11.1 Å². The highest BCUT2D eigenvalue weighted by Crippen LogP contribution is 2.27. The minimum Gasteiger partial charge on any atom is -0.481 e. The number of para-hydroxylation sites is 1. The second-order valence-corrected chi connectivity index (χ2v) is 6.16. The zero-order valence-corrected chi connectivity index (χ0v) is 13.3. The molecule has 23 heavy (non-hydrogen) atoms.